The Morgan fingerprint density at radius 1 is 1.00 bits per heavy atom. The number of carbonyl (C=O) groups excluding carboxylic acids is 2. The number of rotatable bonds is 6. The van der Waals surface area contributed by atoms with Crippen LogP contribution in [0.5, 0.6) is 0 Å². The summed E-state index contributed by atoms with van der Waals surface area (Å²) < 4.78 is 82.0. The van der Waals surface area contributed by atoms with Crippen LogP contribution in [0, 0.1) is 6.92 Å². The van der Waals surface area contributed by atoms with E-state index in [0.29, 0.717) is 5.56 Å². The molecule has 4 rings (SSSR count). The minimum atomic E-state index is -4.89. The summed E-state index contributed by atoms with van der Waals surface area (Å²) in [5, 5.41) is 7.94. The molecule has 6 nitrogen and oxygen atoms in total. The number of oxime groups is 1. The third kappa shape index (κ3) is 5.54. The second-order valence-corrected chi connectivity index (χ2v) is 10.5. The molecule has 0 bridgehead atoms. The first-order chi connectivity index (χ1) is 18.0. The Morgan fingerprint density at radius 2 is 1.62 bits per heavy atom. The van der Waals surface area contributed by atoms with Crippen molar-refractivity contribution in [2.45, 2.75) is 62.6 Å². The standard InChI is InChI=1S/C25H21Cl2F6N3O3/c1-12-7-14(19-11-23(39-36-19,25(31,32)33)15-8-16(26)10-17(27)9-15)3-4-18(12)21(38)34-13(2)20(37)35-22(5-6-22)24(28,29)30/h3-4,7-10,13H,5-6,11H2,1-2H3,(H,34,38)(H,35,37)/t13-,23?/m1/s1. The molecule has 2 aliphatic rings. The number of hydrogen-bond acceptors (Lipinski definition) is 4. The summed E-state index contributed by atoms with van der Waals surface area (Å²) in [7, 11) is 0. The highest BCUT2D eigenvalue weighted by molar-refractivity contribution is 6.34. The first-order valence-electron chi connectivity index (χ1n) is 11.6. The molecular formula is C25H21Cl2F6N3O3. The van der Waals surface area contributed by atoms with Gasteiger partial charge in [0.15, 0.2) is 0 Å². The average molecular weight is 596 g/mol. The number of halogens is 8. The summed E-state index contributed by atoms with van der Waals surface area (Å²) in [6.45, 7) is 2.75. The van der Waals surface area contributed by atoms with Gasteiger partial charge in [0, 0.05) is 27.6 Å². The Morgan fingerprint density at radius 3 is 2.13 bits per heavy atom. The van der Waals surface area contributed by atoms with Gasteiger partial charge in [0.05, 0.1) is 5.71 Å². The Hall–Kier alpha value is -2.99. The zero-order valence-electron chi connectivity index (χ0n) is 20.4. The summed E-state index contributed by atoms with van der Waals surface area (Å²) in [6.07, 6.45) is -10.7. The van der Waals surface area contributed by atoms with E-state index in [-0.39, 0.29) is 45.3 Å². The van der Waals surface area contributed by atoms with Crippen molar-refractivity contribution < 1.29 is 40.8 Å². The Kier molecular flexibility index (Phi) is 7.35. The van der Waals surface area contributed by atoms with Crippen molar-refractivity contribution in [2.24, 2.45) is 5.16 Å². The molecule has 2 amide bonds. The van der Waals surface area contributed by atoms with E-state index in [2.05, 4.69) is 10.5 Å². The minimum absolute atomic E-state index is 0.0157. The van der Waals surface area contributed by atoms with Crippen LogP contribution in [-0.2, 0) is 15.2 Å². The van der Waals surface area contributed by atoms with Crippen LogP contribution in [-0.4, -0.2) is 41.5 Å². The molecule has 0 saturated heterocycles. The number of amides is 2. The van der Waals surface area contributed by atoms with Crippen molar-refractivity contribution in [1.82, 2.24) is 10.6 Å². The molecule has 1 heterocycles. The first kappa shape index (κ1) is 29.0. The molecule has 210 valence electrons. The maximum atomic E-state index is 14.2. The van der Waals surface area contributed by atoms with Gasteiger partial charge in [-0.3, -0.25) is 9.59 Å². The van der Waals surface area contributed by atoms with Crippen LogP contribution in [0.25, 0.3) is 0 Å². The first-order valence-corrected chi connectivity index (χ1v) is 12.3. The Balaban J connectivity index is 1.49. The minimum Gasteiger partial charge on any atom is -0.374 e. The maximum absolute atomic E-state index is 14.2. The molecule has 0 spiro atoms. The molecule has 1 unspecified atom stereocenters. The van der Waals surface area contributed by atoms with Gasteiger partial charge in [-0.2, -0.15) is 26.3 Å². The fourth-order valence-electron chi connectivity index (χ4n) is 4.23. The van der Waals surface area contributed by atoms with Crippen molar-refractivity contribution in [2.75, 3.05) is 0 Å². The predicted octanol–water partition coefficient (Wildman–Crippen LogP) is 6.21. The quantitative estimate of drug-likeness (QED) is 0.389. The van der Waals surface area contributed by atoms with E-state index in [9.17, 15) is 35.9 Å². The lowest BCUT2D eigenvalue weighted by molar-refractivity contribution is -0.275. The summed E-state index contributed by atoms with van der Waals surface area (Å²) in [5.41, 5.74) is -4.85. The van der Waals surface area contributed by atoms with Gasteiger partial charge in [-0.1, -0.05) is 34.4 Å². The molecule has 1 aliphatic carbocycles. The lowest BCUT2D eigenvalue weighted by Crippen LogP contribution is -2.54. The van der Waals surface area contributed by atoms with Crippen LogP contribution in [0.4, 0.5) is 26.3 Å². The van der Waals surface area contributed by atoms with Gasteiger partial charge < -0.3 is 15.5 Å². The molecule has 1 saturated carbocycles. The summed E-state index contributed by atoms with van der Waals surface area (Å²) >= 11 is 11.8. The van der Waals surface area contributed by atoms with E-state index in [1.807, 2.05) is 5.32 Å². The van der Waals surface area contributed by atoms with Crippen molar-refractivity contribution >= 4 is 40.7 Å². The van der Waals surface area contributed by atoms with Crippen molar-refractivity contribution in [3.8, 4) is 0 Å². The fraction of sp³-hybridized carbons (Fsp3) is 0.400. The number of nitrogens with one attached hydrogen (secondary N) is 2. The van der Waals surface area contributed by atoms with Gasteiger partial charge in [0.2, 0.25) is 5.91 Å². The van der Waals surface area contributed by atoms with E-state index < -0.39 is 47.8 Å². The lowest BCUT2D eigenvalue weighted by Gasteiger charge is -2.29. The largest absolute Gasteiger partial charge is 0.435 e. The molecule has 2 aromatic carbocycles. The van der Waals surface area contributed by atoms with Crippen LogP contribution >= 0.6 is 23.2 Å². The third-order valence-electron chi connectivity index (χ3n) is 6.72. The number of nitrogens with zero attached hydrogens (tertiary/aromatic N) is 1. The van der Waals surface area contributed by atoms with Crippen molar-refractivity contribution in [1.29, 1.82) is 0 Å². The fourth-order valence-corrected chi connectivity index (χ4v) is 4.76. The summed E-state index contributed by atoms with van der Waals surface area (Å²) in [5.74, 6) is -1.74. The van der Waals surface area contributed by atoms with Crippen molar-refractivity contribution in [3.63, 3.8) is 0 Å². The third-order valence-corrected chi connectivity index (χ3v) is 7.15. The van der Waals surface area contributed by atoms with Crippen LogP contribution in [0.2, 0.25) is 10.0 Å². The summed E-state index contributed by atoms with van der Waals surface area (Å²) in [4.78, 5) is 30.0. The molecule has 0 radical (unpaired) electrons. The monoisotopic (exact) mass is 595 g/mol. The highest BCUT2D eigenvalue weighted by Crippen LogP contribution is 2.50. The van der Waals surface area contributed by atoms with Crippen LogP contribution < -0.4 is 10.6 Å². The Bertz CT molecular complexity index is 1340. The van der Waals surface area contributed by atoms with E-state index in [0.717, 1.165) is 12.1 Å². The molecule has 14 heteroatoms. The molecule has 1 aliphatic heterocycles. The van der Waals surface area contributed by atoms with Crippen molar-refractivity contribution in [3.05, 3.63) is 68.7 Å². The topological polar surface area (TPSA) is 79.8 Å². The van der Waals surface area contributed by atoms with E-state index in [4.69, 9.17) is 28.0 Å². The van der Waals surface area contributed by atoms with Gasteiger partial charge in [-0.25, -0.2) is 0 Å². The smallest absolute Gasteiger partial charge is 0.374 e. The molecular weight excluding hydrogens is 575 g/mol. The second-order valence-electron chi connectivity index (χ2n) is 9.58. The predicted molar refractivity (Wildman–Crippen MR) is 131 cm³/mol. The van der Waals surface area contributed by atoms with Crippen LogP contribution in [0.1, 0.15) is 53.2 Å². The van der Waals surface area contributed by atoms with Gasteiger partial charge in [-0.05, 0) is 68.1 Å². The molecule has 2 N–H and O–H groups in total. The Labute approximate surface area is 228 Å². The van der Waals surface area contributed by atoms with E-state index in [1.165, 1.54) is 38.1 Å². The SMILES string of the molecule is Cc1cc(C2=NOC(c3cc(Cl)cc(Cl)c3)(C(F)(F)F)C2)ccc1C(=O)N[C@H](C)C(=O)NC1(C(F)(F)F)CC1. The summed E-state index contributed by atoms with van der Waals surface area (Å²) in [6, 6.07) is 6.28. The van der Waals surface area contributed by atoms with Gasteiger partial charge in [0.1, 0.15) is 11.6 Å². The molecule has 1 fully saturated rings. The highest BCUT2D eigenvalue weighted by atomic mass is 35.5. The molecule has 2 atom stereocenters. The van der Waals surface area contributed by atoms with Gasteiger partial charge in [-0.15, -0.1) is 0 Å². The number of hydrogen-bond donors (Lipinski definition) is 2. The van der Waals surface area contributed by atoms with Crippen LogP contribution in [0.3, 0.4) is 0 Å². The zero-order chi connectivity index (χ0) is 29.0. The van der Waals surface area contributed by atoms with Crippen LogP contribution in [0.15, 0.2) is 41.6 Å². The number of carbonyl (C=O) groups is 2. The number of benzene rings is 2. The number of aryl methyl sites for hydroxylation is 1. The molecule has 39 heavy (non-hydrogen) atoms. The molecule has 2 aromatic rings. The normalized spacial score (nSPS) is 21.0. The highest BCUT2D eigenvalue weighted by Gasteiger charge is 2.64. The number of alkyl halides is 6. The lowest BCUT2D eigenvalue weighted by atomic mass is 9.86. The van der Waals surface area contributed by atoms with E-state index >= 15 is 0 Å². The maximum Gasteiger partial charge on any atom is 0.435 e. The van der Waals surface area contributed by atoms with Gasteiger partial charge >= 0.3 is 12.4 Å². The van der Waals surface area contributed by atoms with Gasteiger partial charge in [0.25, 0.3) is 11.5 Å². The average Bonchev–Trinajstić information content (AvgIpc) is 3.45. The van der Waals surface area contributed by atoms with E-state index in [1.54, 1.807) is 0 Å². The molecule has 0 aromatic heterocycles. The second kappa shape index (κ2) is 9.88. The zero-order valence-corrected chi connectivity index (χ0v) is 21.9.